The first kappa shape index (κ1) is 15.6. The van der Waals surface area contributed by atoms with E-state index in [0.29, 0.717) is 29.0 Å². The molecule has 0 aromatic carbocycles. The molecule has 0 spiro atoms. The van der Waals surface area contributed by atoms with Gasteiger partial charge in [-0.3, -0.25) is 4.68 Å². The summed E-state index contributed by atoms with van der Waals surface area (Å²) >= 11 is 0. The molecular weight excluding hydrogens is 300 g/mol. The van der Waals surface area contributed by atoms with Crippen LogP contribution in [0.15, 0.2) is 12.3 Å². The van der Waals surface area contributed by atoms with Crippen LogP contribution in [0.1, 0.15) is 37.2 Å². The van der Waals surface area contributed by atoms with Crippen molar-refractivity contribution in [2.45, 2.75) is 47.2 Å². The second-order valence-electron chi connectivity index (χ2n) is 5.46. The Labute approximate surface area is 132 Å². The average molecular weight is 319 g/mol. The van der Waals surface area contributed by atoms with Crippen LogP contribution >= 0.6 is 0 Å². The standard InChI is InChI=1S/C16H19F2N5/c1-5-22-10(4)12(8-19-22)13-7-11(15(17)18)14-9(3)21-23(6-2)16(14)20-13/h7-8,15H,5-6H2,1-4H3. The zero-order chi connectivity index (χ0) is 16.7. The lowest BCUT2D eigenvalue weighted by molar-refractivity contribution is 0.153. The summed E-state index contributed by atoms with van der Waals surface area (Å²) in [7, 11) is 0. The van der Waals surface area contributed by atoms with Gasteiger partial charge < -0.3 is 0 Å². The van der Waals surface area contributed by atoms with Gasteiger partial charge in [0.15, 0.2) is 5.65 Å². The molecule has 0 aliphatic rings. The van der Waals surface area contributed by atoms with E-state index in [1.807, 2.05) is 25.5 Å². The second-order valence-corrected chi connectivity index (χ2v) is 5.46. The third-order valence-electron chi connectivity index (χ3n) is 4.12. The van der Waals surface area contributed by atoms with Crippen molar-refractivity contribution in [2.24, 2.45) is 0 Å². The van der Waals surface area contributed by atoms with Gasteiger partial charge in [-0.2, -0.15) is 10.2 Å². The number of alkyl halides is 2. The van der Waals surface area contributed by atoms with Crippen LogP contribution in [-0.4, -0.2) is 24.5 Å². The lowest BCUT2D eigenvalue weighted by Gasteiger charge is -2.08. The van der Waals surface area contributed by atoms with Gasteiger partial charge in [0, 0.05) is 29.9 Å². The number of pyridine rings is 1. The second kappa shape index (κ2) is 5.72. The molecule has 0 amide bonds. The molecule has 3 aromatic rings. The van der Waals surface area contributed by atoms with E-state index in [0.717, 1.165) is 17.8 Å². The van der Waals surface area contributed by atoms with Gasteiger partial charge in [-0.1, -0.05) is 0 Å². The molecule has 3 heterocycles. The Morgan fingerprint density at radius 2 is 1.83 bits per heavy atom. The van der Waals surface area contributed by atoms with Crippen molar-refractivity contribution >= 4 is 11.0 Å². The molecule has 5 nitrogen and oxygen atoms in total. The number of halogens is 2. The van der Waals surface area contributed by atoms with Crippen LogP contribution in [0, 0.1) is 13.8 Å². The first-order chi connectivity index (χ1) is 11.0. The zero-order valence-corrected chi connectivity index (χ0v) is 13.6. The number of fused-ring (bicyclic) bond motifs is 1. The maximum Gasteiger partial charge on any atom is 0.264 e. The van der Waals surface area contributed by atoms with Gasteiger partial charge in [0.25, 0.3) is 6.43 Å². The van der Waals surface area contributed by atoms with Gasteiger partial charge in [-0.05, 0) is 33.8 Å². The van der Waals surface area contributed by atoms with Crippen LogP contribution in [0.4, 0.5) is 8.78 Å². The molecule has 0 unspecified atom stereocenters. The van der Waals surface area contributed by atoms with E-state index in [1.165, 1.54) is 6.07 Å². The Bertz CT molecular complexity index is 863. The molecule has 0 aliphatic heterocycles. The fraction of sp³-hybridized carbons (Fsp3) is 0.438. The Hall–Kier alpha value is -2.31. The number of aromatic nitrogens is 5. The monoisotopic (exact) mass is 319 g/mol. The highest BCUT2D eigenvalue weighted by Crippen LogP contribution is 2.33. The van der Waals surface area contributed by atoms with Crippen molar-refractivity contribution in [3.8, 4) is 11.3 Å². The summed E-state index contributed by atoms with van der Waals surface area (Å²) in [6.07, 6.45) is -0.893. The molecule has 0 N–H and O–H groups in total. The largest absolute Gasteiger partial charge is 0.269 e. The van der Waals surface area contributed by atoms with Gasteiger partial charge in [0.05, 0.1) is 23.0 Å². The van der Waals surface area contributed by atoms with Gasteiger partial charge in [0.1, 0.15) is 0 Å². The predicted octanol–water partition coefficient (Wildman–Crippen LogP) is 3.89. The van der Waals surface area contributed by atoms with E-state index in [2.05, 4.69) is 15.2 Å². The predicted molar refractivity (Wildman–Crippen MR) is 84.5 cm³/mol. The van der Waals surface area contributed by atoms with Crippen molar-refractivity contribution < 1.29 is 8.78 Å². The number of hydrogen-bond donors (Lipinski definition) is 0. The first-order valence-electron chi connectivity index (χ1n) is 7.66. The molecule has 0 aliphatic carbocycles. The summed E-state index contributed by atoms with van der Waals surface area (Å²) in [5.41, 5.74) is 3.26. The number of aryl methyl sites for hydroxylation is 3. The summed E-state index contributed by atoms with van der Waals surface area (Å²) in [6.45, 7) is 8.87. The molecular formula is C16H19F2N5. The van der Waals surface area contributed by atoms with E-state index in [-0.39, 0.29) is 5.56 Å². The minimum atomic E-state index is -2.58. The van der Waals surface area contributed by atoms with E-state index >= 15 is 0 Å². The van der Waals surface area contributed by atoms with E-state index in [9.17, 15) is 8.78 Å². The molecule has 23 heavy (non-hydrogen) atoms. The summed E-state index contributed by atoms with van der Waals surface area (Å²) in [6, 6.07) is 1.46. The lowest BCUT2D eigenvalue weighted by Crippen LogP contribution is -2.01. The zero-order valence-electron chi connectivity index (χ0n) is 13.6. The maximum atomic E-state index is 13.6. The van der Waals surface area contributed by atoms with Crippen molar-refractivity contribution in [2.75, 3.05) is 0 Å². The Balaban J connectivity index is 2.32. The van der Waals surface area contributed by atoms with Gasteiger partial charge >= 0.3 is 0 Å². The smallest absolute Gasteiger partial charge is 0.264 e. The summed E-state index contributed by atoms with van der Waals surface area (Å²) < 4.78 is 30.6. The number of hydrogen-bond acceptors (Lipinski definition) is 3. The molecule has 3 rings (SSSR count). The van der Waals surface area contributed by atoms with E-state index in [4.69, 9.17) is 0 Å². The maximum absolute atomic E-state index is 13.6. The quantitative estimate of drug-likeness (QED) is 0.733. The van der Waals surface area contributed by atoms with E-state index in [1.54, 1.807) is 17.8 Å². The van der Waals surface area contributed by atoms with Crippen LogP contribution in [0.2, 0.25) is 0 Å². The Morgan fingerprint density at radius 3 is 2.39 bits per heavy atom. The van der Waals surface area contributed by atoms with Gasteiger partial charge in [-0.25, -0.2) is 18.4 Å². The SMILES string of the molecule is CCn1ncc(-c2cc(C(F)F)c3c(C)nn(CC)c3n2)c1C. The van der Waals surface area contributed by atoms with Crippen molar-refractivity contribution in [3.05, 3.63) is 29.2 Å². The third-order valence-corrected chi connectivity index (χ3v) is 4.12. The van der Waals surface area contributed by atoms with Crippen LogP contribution in [0.5, 0.6) is 0 Å². The minimum absolute atomic E-state index is 0.0224. The first-order valence-corrected chi connectivity index (χ1v) is 7.66. The molecule has 0 saturated carbocycles. The molecule has 0 atom stereocenters. The summed E-state index contributed by atoms with van der Waals surface area (Å²) in [5.74, 6) is 0. The third kappa shape index (κ3) is 2.40. The van der Waals surface area contributed by atoms with Crippen molar-refractivity contribution in [1.29, 1.82) is 0 Å². The topological polar surface area (TPSA) is 48.5 Å². The fourth-order valence-electron chi connectivity index (χ4n) is 2.93. The average Bonchev–Trinajstić information content (AvgIpc) is 3.06. The van der Waals surface area contributed by atoms with Gasteiger partial charge in [-0.15, -0.1) is 0 Å². The van der Waals surface area contributed by atoms with Crippen molar-refractivity contribution in [1.82, 2.24) is 24.5 Å². The molecule has 0 bridgehead atoms. The molecule has 0 fully saturated rings. The van der Waals surface area contributed by atoms with Crippen molar-refractivity contribution in [3.63, 3.8) is 0 Å². The van der Waals surface area contributed by atoms with E-state index < -0.39 is 6.43 Å². The highest BCUT2D eigenvalue weighted by Gasteiger charge is 2.21. The number of nitrogens with zero attached hydrogens (tertiary/aromatic N) is 5. The minimum Gasteiger partial charge on any atom is -0.269 e. The fourth-order valence-corrected chi connectivity index (χ4v) is 2.93. The van der Waals surface area contributed by atoms with Crippen LogP contribution in [0.25, 0.3) is 22.3 Å². The molecule has 122 valence electrons. The van der Waals surface area contributed by atoms with Crippen LogP contribution < -0.4 is 0 Å². The molecule has 3 aromatic heterocycles. The summed E-state index contributed by atoms with van der Waals surface area (Å²) in [5, 5.41) is 9.06. The molecule has 0 radical (unpaired) electrons. The summed E-state index contributed by atoms with van der Waals surface area (Å²) in [4.78, 5) is 4.60. The van der Waals surface area contributed by atoms with Crippen LogP contribution in [0.3, 0.4) is 0 Å². The normalized spacial score (nSPS) is 11.8. The Kier molecular flexibility index (Phi) is 3.87. The van der Waals surface area contributed by atoms with Gasteiger partial charge in [0.2, 0.25) is 0 Å². The highest BCUT2D eigenvalue weighted by molar-refractivity contribution is 5.85. The Morgan fingerprint density at radius 1 is 1.13 bits per heavy atom. The molecule has 0 saturated heterocycles. The highest BCUT2D eigenvalue weighted by atomic mass is 19.3. The number of rotatable bonds is 4. The lowest BCUT2D eigenvalue weighted by atomic mass is 10.1. The van der Waals surface area contributed by atoms with Crippen LogP contribution in [-0.2, 0) is 13.1 Å². The molecule has 7 heteroatoms.